The van der Waals surface area contributed by atoms with Crippen molar-refractivity contribution in [3.8, 4) is 11.5 Å². The Morgan fingerprint density at radius 1 is 1.07 bits per heavy atom. The van der Waals surface area contributed by atoms with Gasteiger partial charge in [-0.15, -0.1) is 11.3 Å². The summed E-state index contributed by atoms with van der Waals surface area (Å²) in [5.41, 5.74) is 3.70. The molecule has 0 bridgehead atoms. The predicted octanol–water partition coefficient (Wildman–Crippen LogP) is 3.82. The Bertz CT molecular complexity index is 1030. The van der Waals surface area contributed by atoms with Gasteiger partial charge in [0.15, 0.2) is 11.5 Å². The van der Waals surface area contributed by atoms with E-state index in [1.165, 1.54) is 14.2 Å². The van der Waals surface area contributed by atoms with Crippen molar-refractivity contribution in [3.63, 3.8) is 0 Å². The van der Waals surface area contributed by atoms with E-state index in [0.29, 0.717) is 17.1 Å². The van der Waals surface area contributed by atoms with E-state index < -0.39 is 11.8 Å². The van der Waals surface area contributed by atoms with E-state index in [9.17, 15) is 9.59 Å². The van der Waals surface area contributed by atoms with Crippen LogP contribution in [0.1, 0.15) is 29.8 Å². The normalized spacial score (nSPS) is 10.3. The predicted molar refractivity (Wildman–Crippen MR) is 121 cm³/mol. The van der Waals surface area contributed by atoms with Crippen molar-refractivity contribution in [2.75, 3.05) is 20.8 Å². The molecule has 0 atom stereocenters. The molecule has 0 saturated heterocycles. The standard InChI is InChI=1S/C20H19N3O4S.C2H6/c1-26-16-8-7-13(9-17(16)27-2)20(25)21-11-19(24)23-22-10-14-12-28-18-6-4-3-5-15(14)18;1-2/h3-10,12H,11H2,1-2H3,(H,21,25)(H,23,24);1-2H3/b22-10+;. The molecule has 158 valence electrons. The number of carbonyl (C=O) groups excluding carboxylic acids is 2. The fourth-order valence-corrected chi connectivity index (χ4v) is 3.46. The van der Waals surface area contributed by atoms with E-state index in [1.807, 2.05) is 43.5 Å². The Labute approximate surface area is 179 Å². The smallest absolute Gasteiger partial charge is 0.259 e. The van der Waals surface area contributed by atoms with Gasteiger partial charge in [-0.3, -0.25) is 9.59 Å². The van der Waals surface area contributed by atoms with Crippen LogP contribution in [0.4, 0.5) is 0 Å². The van der Waals surface area contributed by atoms with Crippen molar-refractivity contribution in [1.29, 1.82) is 0 Å². The molecule has 0 saturated carbocycles. The number of hydrogen-bond donors (Lipinski definition) is 2. The summed E-state index contributed by atoms with van der Waals surface area (Å²) >= 11 is 1.61. The molecule has 0 spiro atoms. The molecule has 3 aromatic rings. The molecule has 8 heteroatoms. The number of rotatable bonds is 7. The minimum absolute atomic E-state index is 0.200. The first-order chi connectivity index (χ1) is 14.6. The Morgan fingerprint density at radius 3 is 2.53 bits per heavy atom. The van der Waals surface area contributed by atoms with Gasteiger partial charge < -0.3 is 14.8 Å². The number of methoxy groups -OCH3 is 2. The third-order valence-electron chi connectivity index (χ3n) is 3.96. The van der Waals surface area contributed by atoms with Gasteiger partial charge in [-0.2, -0.15) is 5.10 Å². The molecule has 2 aromatic carbocycles. The zero-order valence-corrected chi connectivity index (χ0v) is 18.2. The molecule has 3 rings (SSSR count). The minimum Gasteiger partial charge on any atom is -0.493 e. The van der Waals surface area contributed by atoms with Crippen LogP contribution in [0, 0.1) is 0 Å². The molecule has 2 amide bonds. The summed E-state index contributed by atoms with van der Waals surface area (Å²) in [6.45, 7) is 3.80. The molecule has 30 heavy (non-hydrogen) atoms. The number of nitrogens with one attached hydrogen (secondary N) is 2. The summed E-state index contributed by atoms with van der Waals surface area (Å²) in [7, 11) is 3.00. The molecular formula is C22H25N3O4S. The van der Waals surface area contributed by atoms with Gasteiger partial charge in [0.2, 0.25) is 0 Å². The molecule has 2 N–H and O–H groups in total. The average molecular weight is 428 g/mol. The highest BCUT2D eigenvalue weighted by Gasteiger charge is 2.11. The number of amides is 2. The Kier molecular flexibility index (Phi) is 8.83. The van der Waals surface area contributed by atoms with Gasteiger partial charge >= 0.3 is 0 Å². The van der Waals surface area contributed by atoms with Crippen molar-refractivity contribution < 1.29 is 19.1 Å². The second kappa shape index (κ2) is 11.6. The summed E-state index contributed by atoms with van der Waals surface area (Å²) in [4.78, 5) is 24.1. The Hall–Kier alpha value is -3.39. The van der Waals surface area contributed by atoms with Crippen molar-refractivity contribution >= 4 is 39.5 Å². The first-order valence-corrected chi connectivity index (χ1v) is 10.3. The second-order valence-electron chi connectivity index (χ2n) is 5.73. The van der Waals surface area contributed by atoms with Crippen LogP contribution in [0.15, 0.2) is 52.9 Å². The number of benzene rings is 2. The van der Waals surface area contributed by atoms with Gasteiger partial charge in [-0.25, -0.2) is 5.43 Å². The number of hydrazone groups is 1. The zero-order valence-electron chi connectivity index (χ0n) is 17.4. The van der Waals surface area contributed by atoms with Gasteiger partial charge in [0.1, 0.15) is 0 Å². The summed E-state index contributed by atoms with van der Waals surface area (Å²) in [5.74, 6) is 0.132. The average Bonchev–Trinajstić information content (AvgIpc) is 3.21. The topological polar surface area (TPSA) is 89.0 Å². The molecule has 0 radical (unpaired) electrons. The lowest BCUT2D eigenvalue weighted by Crippen LogP contribution is -2.34. The molecule has 1 aromatic heterocycles. The fourth-order valence-electron chi connectivity index (χ4n) is 2.55. The highest BCUT2D eigenvalue weighted by molar-refractivity contribution is 7.17. The number of thiophene rings is 1. The second-order valence-corrected chi connectivity index (χ2v) is 6.64. The van der Waals surface area contributed by atoms with Gasteiger partial charge in [0.25, 0.3) is 11.8 Å². The lowest BCUT2D eigenvalue weighted by atomic mass is 10.2. The van der Waals surface area contributed by atoms with Gasteiger partial charge in [0.05, 0.1) is 27.0 Å². The molecule has 0 unspecified atom stereocenters. The van der Waals surface area contributed by atoms with Crippen molar-refractivity contribution in [3.05, 3.63) is 59.0 Å². The maximum atomic E-state index is 12.2. The van der Waals surface area contributed by atoms with E-state index in [2.05, 4.69) is 15.8 Å². The number of carbonyl (C=O) groups is 2. The molecule has 0 aliphatic heterocycles. The number of fused-ring (bicyclic) bond motifs is 1. The summed E-state index contributed by atoms with van der Waals surface area (Å²) in [6, 6.07) is 12.7. The maximum absolute atomic E-state index is 12.2. The van der Waals surface area contributed by atoms with E-state index in [0.717, 1.165) is 15.6 Å². The minimum atomic E-state index is -0.426. The zero-order chi connectivity index (χ0) is 21.9. The highest BCUT2D eigenvalue weighted by Crippen LogP contribution is 2.27. The van der Waals surface area contributed by atoms with Crippen molar-refractivity contribution in [2.45, 2.75) is 13.8 Å². The molecule has 1 heterocycles. The van der Waals surface area contributed by atoms with Crippen LogP contribution in [0.2, 0.25) is 0 Å². The van der Waals surface area contributed by atoms with Crippen molar-refractivity contribution in [1.82, 2.24) is 10.7 Å². The highest BCUT2D eigenvalue weighted by atomic mass is 32.1. The van der Waals surface area contributed by atoms with Crippen LogP contribution in [0.3, 0.4) is 0 Å². The van der Waals surface area contributed by atoms with Crippen LogP contribution in [0.25, 0.3) is 10.1 Å². The van der Waals surface area contributed by atoms with E-state index in [-0.39, 0.29) is 6.54 Å². The van der Waals surface area contributed by atoms with Crippen LogP contribution in [0.5, 0.6) is 11.5 Å². The van der Waals surface area contributed by atoms with E-state index >= 15 is 0 Å². The molecule has 0 aliphatic carbocycles. The SMILES string of the molecule is CC.COc1ccc(C(=O)NCC(=O)N/N=C/c2csc3ccccc23)cc1OC. The maximum Gasteiger partial charge on any atom is 0.259 e. The third kappa shape index (κ3) is 5.81. The molecule has 7 nitrogen and oxygen atoms in total. The summed E-state index contributed by atoms with van der Waals surface area (Å²) < 4.78 is 11.5. The lowest BCUT2D eigenvalue weighted by Gasteiger charge is -2.09. The lowest BCUT2D eigenvalue weighted by molar-refractivity contribution is -0.120. The van der Waals surface area contributed by atoms with Gasteiger partial charge in [0, 0.05) is 26.6 Å². The summed E-state index contributed by atoms with van der Waals surface area (Å²) in [5, 5.41) is 9.55. The quantitative estimate of drug-likeness (QED) is 0.443. The first-order valence-electron chi connectivity index (χ1n) is 9.40. The van der Waals surface area contributed by atoms with E-state index in [4.69, 9.17) is 9.47 Å². The molecule has 0 fully saturated rings. The van der Waals surface area contributed by atoms with Gasteiger partial charge in [-0.05, 0) is 24.3 Å². The molecular weight excluding hydrogens is 402 g/mol. The Balaban J connectivity index is 0.00000155. The van der Waals surface area contributed by atoms with Gasteiger partial charge in [-0.1, -0.05) is 32.0 Å². The summed E-state index contributed by atoms with van der Waals surface area (Å²) in [6.07, 6.45) is 1.59. The molecule has 0 aliphatic rings. The Morgan fingerprint density at radius 2 is 1.80 bits per heavy atom. The number of nitrogens with zero attached hydrogens (tertiary/aromatic N) is 1. The van der Waals surface area contributed by atoms with E-state index in [1.54, 1.807) is 35.8 Å². The first kappa shape index (κ1) is 22.9. The monoisotopic (exact) mass is 427 g/mol. The number of ether oxygens (including phenoxy) is 2. The van der Waals surface area contributed by atoms with Crippen LogP contribution >= 0.6 is 11.3 Å². The third-order valence-corrected chi connectivity index (χ3v) is 4.94. The van der Waals surface area contributed by atoms with Crippen molar-refractivity contribution in [2.24, 2.45) is 5.10 Å². The van der Waals surface area contributed by atoms with Crippen LogP contribution < -0.4 is 20.2 Å². The van der Waals surface area contributed by atoms with Crippen LogP contribution in [-0.4, -0.2) is 38.8 Å². The largest absolute Gasteiger partial charge is 0.493 e. The number of hydrogen-bond acceptors (Lipinski definition) is 6. The fraction of sp³-hybridized carbons (Fsp3) is 0.227. The van der Waals surface area contributed by atoms with Crippen LogP contribution in [-0.2, 0) is 4.79 Å².